The minimum atomic E-state index is 0.703. The smallest absolute Gasteiger partial charge is 0.0641 e. The summed E-state index contributed by atoms with van der Waals surface area (Å²) < 4.78 is 10.5. The zero-order chi connectivity index (χ0) is 12.5. The lowest BCUT2D eigenvalue weighted by Crippen LogP contribution is -2.23. The lowest BCUT2D eigenvalue weighted by Gasteiger charge is -2.20. The molecule has 1 aromatic carbocycles. The molecule has 0 aliphatic carbocycles. The monoisotopic (exact) mass is 238 g/mol. The van der Waals surface area contributed by atoms with E-state index in [1.54, 1.807) is 7.11 Å². The number of hydrogen-bond acceptors (Lipinski definition) is 4. The van der Waals surface area contributed by atoms with Crippen LogP contribution in [0.15, 0.2) is 24.3 Å². The number of hydrogen-bond donors (Lipinski definition) is 1. The Labute approximate surface area is 103 Å². The fourth-order valence-electron chi connectivity index (χ4n) is 1.56. The van der Waals surface area contributed by atoms with Gasteiger partial charge in [-0.2, -0.15) is 0 Å². The van der Waals surface area contributed by atoms with Gasteiger partial charge >= 0.3 is 0 Å². The summed E-state index contributed by atoms with van der Waals surface area (Å²) >= 11 is 0. The molecule has 0 saturated carbocycles. The lowest BCUT2D eigenvalue weighted by atomic mass is 10.2. The van der Waals surface area contributed by atoms with Gasteiger partial charge in [0, 0.05) is 33.9 Å². The van der Waals surface area contributed by atoms with Crippen LogP contribution in [0.25, 0.3) is 0 Å². The van der Waals surface area contributed by atoms with Gasteiger partial charge in [0.05, 0.1) is 18.0 Å². The first-order chi connectivity index (χ1) is 8.25. The van der Waals surface area contributed by atoms with Crippen LogP contribution in [0.4, 0.5) is 11.4 Å². The molecule has 2 N–H and O–H groups in total. The summed E-state index contributed by atoms with van der Waals surface area (Å²) in [6.45, 7) is 3.03. The van der Waals surface area contributed by atoms with Gasteiger partial charge in [0.1, 0.15) is 0 Å². The predicted octanol–water partition coefficient (Wildman–Crippen LogP) is 1.76. The van der Waals surface area contributed by atoms with Crippen molar-refractivity contribution in [3.63, 3.8) is 0 Å². The average Bonchev–Trinajstić information content (AvgIpc) is 2.34. The standard InChI is InChI=1S/C13H22N2O2/c1-15(8-11-17-10-5-9-16-2)13-7-4-3-6-12(13)14/h3-4,6-7H,5,8-11,14H2,1-2H3. The van der Waals surface area contributed by atoms with E-state index in [0.29, 0.717) is 6.61 Å². The van der Waals surface area contributed by atoms with E-state index in [9.17, 15) is 0 Å². The van der Waals surface area contributed by atoms with Gasteiger partial charge in [-0.3, -0.25) is 0 Å². The molecule has 0 heterocycles. The van der Waals surface area contributed by atoms with Gasteiger partial charge in [-0.15, -0.1) is 0 Å². The molecule has 4 heteroatoms. The van der Waals surface area contributed by atoms with Gasteiger partial charge in [0.15, 0.2) is 0 Å². The van der Waals surface area contributed by atoms with Crippen LogP contribution in [0.3, 0.4) is 0 Å². The van der Waals surface area contributed by atoms with Crippen molar-refractivity contribution in [3.05, 3.63) is 24.3 Å². The second-order valence-electron chi connectivity index (χ2n) is 3.94. The van der Waals surface area contributed by atoms with Gasteiger partial charge in [-0.05, 0) is 18.6 Å². The molecule has 0 atom stereocenters. The van der Waals surface area contributed by atoms with Crippen LogP contribution in [0.2, 0.25) is 0 Å². The number of likely N-dealkylation sites (N-methyl/N-ethyl adjacent to an activating group) is 1. The topological polar surface area (TPSA) is 47.7 Å². The Balaban J connectivity index is 2.21. The average molecular weight is 238 g/mol. The van der Waals surface area contributed by atoms with E-state index in [2.05, 4.69) is 4.90 Å². The molecule has 0 fully saturated rings. The van der Waals surface area contributed by atoms with Crippen LogP contribution >= 0.6 is 0 Å². The van der Waals surface area contributed by atoms with Gasteiger partial charge in [-0.25, -0.2) is 0 Å². The zero-order valence-corrected chi connectivity index (χ0v) is 10.7. The first kappa shape index (κ1) is 13.8. The fourth-order valence-corrected chi connectivity index (χ4v) is 1.56. The van der Waals surface area contributed by atoms with Crippen molar-refractivity contribution < 1.29 is 9.47 Å². The molecule has 17 heavy (non-hydrogen) atoms. The van der Waals surface area contributed by atoms with E-state index in [1.807, 2.05) is 31.3 Å². The number of ether oxygens (including phenoxy) is 2. The molecule has 0 unspecified atom stereocenters. The number of benzene rings is 1. The summed E-state index contributed by atoms with van der Waals surface area (Å²) in [4.78, 5) is 2.10. The van der Waals surface area contributed by atoms with E-state index in [1.165, 1.54) is 0 Å². The number of methoxy groups -OCH3 is 1. The molecule has 0 amide bonds. The van der Waals surface area contributed by atoms with Crippen LogP contribution in [-0.4, -0.2) is 40.5 Å². The molecule has 0 saturated heterocycles. The number of rotatable bonds is 8. The number of nitrogens with two attached hydrogens (primary N) is 1. The molecule has 0 aliphatic rings. The van der Waals surface area contributed by atoms with Gasteiger partial charge in [0.25, 0.3) is 0 Å². The van der Waals surface area contributed by atoms with Crippen molar-refractivity contribution in [3.8, 4) is 0 Å². The minimum Gasteiger partial charge on any atom is -0.397 e. The maximum Gasteiger partial charge on any atom is 0.0641 e. The number of nitrogens with zero attached hydrogens (tertiary/aromatic N) is 1. The molecule has 0 aromatic heterocycles. The van der Waals surface area contributed by atoms with Crippen molar-refractivity contribution in [2.24, 2.45) is 0 Å². The first-order valence-electron chi connectivity index (χ1n) is 5.88. The molecule has 1 aromatic rings. The van der Waals surface area contributed by atoms with Crippen LogP contribution in [0.5, 0.6) is 0 Å². The summed E-state index contributed by atoms with van der Waals surface area (Å²) in [6.07, 6.45) is 0.938. The molecule has 4 nitrogen and oxygen atoms in total. The highest BCUT2D eigenvalue weighted by Gasteiger charge is 2.03. The second kappa shape index (κ2) is 7.92. The molecule has 0 radical (unpaired) electrons. The normalized spacial score (nSPS) is 10.5. The Bertz CT molecular complexity index is 318. The molecular weight excluding hydrogens is 216 g/mol. The Morgan fingerprint density at radius 2 is 1.94 bits per heavy atom. The molecule has 0 spiro atoms. The zero-order valence-electron chi connectivity index (χ0n) is 10.7. The minimum absolute atomic E-state index is 0.703. The predicted molar refractivity (Wildman–Crippen MR) is 71.4 cm³/mol. The van der Waals surface area contributed by atoms with Crippen molar-refractivity contribution in [2.45, 2.75) is 6.42 Å². The Morgan fingerprint density at radius 1 is 1.18 bits per heavy atom. The Kier molecular flexibility index (Phi) is 6.43. The van der Waals surface area contributed by atoms with E-state index >= 15 is 0 Å². The summed E-state index contributed by atoms with van der Waals surface area (Å²) in [6, 6.07) is 7.85. The van der Waals surface area contributed by atoms with Crippen LogP contribution < -0.4 is 10.6 Å². The van der Waals surface area contributed by atoms with E-state index < -0.39 is 0 Å². The Hall–Kier alpha value is -1.26. The molecule has 0 bridgehead atoms. The van der Waals surface area contributed by atoms with Crippen molar-refractivity contribution in [1.29, 1.82) is 0 Å². The summed E-state index contributed by atoms with van der Waals surface area (Å²) in [5.74, 6) is 0. The molecule has 96 valence electrons. The summed E-state index contributed by atoms with van der Waals surface area (Å²) in [5, 5.41) is 0. The highest BCUT2D eigenvalue weighted by molar-refractivity contribution is 5.66. The number of para-hydroxylation sites is 2. The van der Waals surface area contributed by atoms with Crippen molar-refractivity contribution in [2.75, 3.05) is 51.2 Å². The van der Waals surface area contributed by atoms with Crippen molar-refractivity contribution >= 4 is 11.4 Å². The third kappa shape index (κ3) is 5.06. The van der Waals surface area contributed by atoms with Crippen LogP contribution in [-0.2, 0) is 9.47 Å². The fraction of sp³-hybridized carbons (Fsp3) is 0.538. The first-order valence-corrected chi connectivity index (χ1v) is 5.88. The highest BCUT2D eigenvalue weighted by Crippen LogP contribution is 2.20. The van der Waals surface area contributed by atoms with E-state index in [-0.39, 0.29) is 0 Å². The summed E-state index contributed by atoms with van der Waals surface area (Å²) in [5.41, 5.74) is 7.74. The van der Waals surface area contributed by atoms with Crippen LogP contribution in [0.1, 0.15) is 6.42 Å². The van der Waals surface area contributed by atoms with Gasteiger partial charge < -0.3 is 20.1 Å². The maximum atomic E-state index is 5.89. The lowest BCUT2D eigenvalue weighted by molar-refractivity contribution is 0.107. The number of nitrogen functional groups attached to an aromatic ring is 1. The van der Waals surface area contributed by atoms with Gasteiger partial charge in [0.2, 0.25) is 0 Å². The Morgan fingerprint density at radius 3 is 2.65 bits per heavy atom. The van der Waals surface area contributed by atoms with Gasteiger partial charge in [-0.1, -0.05) is 12.1 Å². The van der Waals surface area contributed by atoms with Crippen LogP contribution in [0, 0.1) is 0 Å². The third-order valence-electron chi connectivity index (χ3n) is 2.56. The van der Waals surface area contributed by atoms with E-state index in [0.717, 1.165) is 37.6 Å². The molecule has 1 rings (SSSR count). The number of anilines is 2. The van der Waals surface area contributed by atoms with E-state index in [4.69, 9.17) is 15.2 Å². The maximum absolute atomic E-state index is 5.89. The largest absolute Gasteiger partial charge is 0.397 e. The third-order valence-corrected chi connectivity index (χ3v) is 2.56. The molecule has 0 aliphatic heterocycles. The quantitative estimate of drug-likeness (QED) is 0.554. The van der Waals surface area contributed by atoms with Crippen molar-refractivity contribution in [1.82, 2.24) is 0 Å². The highest BCUT2D eigenvalue weighted by atomic mass is 16.5. The summed E-state index contributed by atoms with van der Waals surface area (Å²) in [7, 11) is 3.72. The molecular formula is C13H22N2O2. The SMILES string of the molecule is COCCCOCCN(C)c1ccccc1N. The second-order valence-corrected chi connectivity index (χ2v) is 3.94.